The Kier molecular flexibility index (Phi) is 6.00. The largest absolute Gasteiger partial charge is 0.497 e. The molecule has 4 heteroatoms. The molecule has 0 heterocycles. The monoisotopic (exact) mass is 354 g/mol. The predicted octanol–water partition coefficient (Wildman–Crippen LogP) is 3.86. The van der Waals surface area contributed by atoms with E-state index >= 15 is 0 Å². The summed E-state index contributed by atoms with van der Waals surface area (Å²) < 4.78 is 5.07. The van der Waals surface area contributed by atoms with Gasteiger partial charge in [-0.2, -0.15) is 5.10 Å². The lowest BCUT2D eigenvalue weighted by molar-refractivity contribution is 0.0955. The van der Waals surface area contributed by atoms with Crippen LogP contribution in [0.3, 0.4) is 0 Å². The van der Waals surface area contributed by atoms with Gasteiger partial charge in [-0.3, -0.25) is 4.79 Å². The van der Waals surface area contributed by atoms with Gasteiger partial charge in [0.2, 0.25) is 0 Å². The number of benzene rings is 3. The van der Waals surface area contributed by atoms with Crippen molar-refractivity contribution in [2.75, 3.05) is 7.11 Å². The van der Waals surface area contributed by atoms with Gasteiger partial charge in [0.15, 0.2) is 0 Å². The van der Waals surface area contributed by atoms with Gasteiger partial charge in [-0.15, -0.1) is 0 Å². The summed E-state index contributed by atoms with van der Waals surface area (Å²) in [4.78, 5) is 12.0. The summed E-state index contributed by atoms with van der Waals surface area (Å²) >= 11 is 0. The number of amides is 1. The van der Waals surface area contributed by atoms with E-state index in [0.717, 1.165) is 16.7 Å². The van der Waals surface area contributed by atoms with Gasteiger partial charge in [0.1, 0.15) is 5.75 Å². The minimum Gasteiger partial charge on any atom is -0.497 e. The van der Waals surface area contributed by atoms with Gasteiger partial charge in [-0.25, -0.2) is 5.43 Å². The molecule has 0 saturated heterocycles. The first kappa shape index (κ1) is 18.0. The first-order valence-electron chi connectivity index (χ1n) is 8.39. The number of rotatable bonds is 4. The average Bonchev–Trinajstić information content (AvgIpc) is 2.74. The zero-order valence-electron chi connectivity index (χ0n) is 14.8. The van der Waals surface area contributed by atoms with Crippen molar-refractivity contribution < 1.29 is 9.53 Å². The lowest BCUT2D eigenvalue weighted by atomic mass is 10.1. The lowest BCUT2D eigenvalue weighted by Gasteiger charge is -2.02. The van der Waals surface area contributed by atoms with Crippen LogP contribution in [0.4, 0.5) is 0 Å². The molecule has 0 spiro atoms. The molecule has 3 rings (SSSR count). The fourth-order valence-electron chi connectivity index (χ4n) is 2.29. The van der Waals surface area contributed by atoms with Crippen LogP contribution in [-0.4, -0.2) is 19.2 Å². The van der Waals surface area contributed by atoms with Crippen LogP contribution in [0.5, 0.6) is 5.75 Å². The van der Waals surface area contributed by atoms with Crippen molar-refractivity contribution in [1.29, 1.82) is 0 Å². The number of hydrogen-bond donors (Lipinski definition) is 1. The van der Waals surface area contributed by atoms with Gasteiger partial charge in [0.25, 0.3) is 5.91 Å². The molecule has 1 N–H and O–H groups in total. The first-order valence-corrected chi connectivity index (χ1v) is 8.39. The fraction of sp³-hybridized carbons (Fsp3) is 0.0435. The van der Waals surface area contributed by atoms with Gasteiger partial charge in [0.05, 0.1) is 13.3 Å². The molecule has 0 unspecified atom stereocenters. The number of hydrazone groups is 1. The molecule has 27 heavy (non-hydrogen) atoms. The highest BCUT2D eigenvalue weighted by Crippen LogP contribution is 2.11. The van der Waals surface area contributed by atoms with E-state index in [0.29, 0.717) is 11.3 Å². The van der Waals surface area contributed by atoms with Crippen LogP contribution in [-0.2, 0) is 0 Å². The van der Waals surface area contributed by atoms with Crippen LogP contribution in [0, 0.1) is 11.8 Å². The second kappa shape index (κ2) is 9.02. The number of nitrogens with one attached hydrogen (secondary N) is 1. The van der Waals surface area contributed by atoms with Gasteiger partial charge in [0, 0.05) is 16.7 Å². The number of carbonyl (C=O) groups is 1. The number of ether oxygens (including phenoxy) is 1. The van der Waals surface area contributed by atoms with Crippen LogP contribution in [0.15, 0.2) is 84.0 Å². The van der Waals surface area contributed by atoms with Crippen LogP contribution >= 0.6 is 0 Å². The lowest BCUT2D eigenvalue weighted by Crippen LogP contribution is -2.17. The molecule has 132 valence electrons. The molecule has 0 atom stereocenters. The number of carbonyl (C=O) groups excluding carboxylic acids is 1. The van der Waals surface area contributed by atoms with Crippen molar-refractivity contribution >= 4 is 12.1 Å². The molecule has 0 aliphatic rings. The smallest absolute Gasteiger partial charge is 0.271 e. The molecule has 0 aliphatic heterocycles. The number of methoxy groups -OCH3 is 1. The van der Waals surface area contributed by atoms with Crippen molar-refractivity contribution in [3.8, 4) is 17.6 Å². The highest BCUT2D eigenvalue weighted by Gasteiger charge is 2.03. The summed E-state index contributed by atoms with van der Waals surface area (Å²) in [5, 5.41) is 3.99. The SMILES string of the molecule is COc1ccc(C(=O)N/N=C/c2ccc(C#Cc3ccccc3)cc2)cc1. The van der Waals surface area contributed by atoms with E-state index in [-0.39, 0.29) is 5.91 Å². The normalized spacial score (nSPS) is 10.1. The molecular formula is C23H18N2O2. The Morgan fingerprint density at radius 2 is 1.52 bits per heavy atom. The Hall–Kier alpha value is -3.84. The average molecular weight is 354 g/mol. The molecular weight excluding hydrogens is 336 g/mol. The minimum absolute atomic E-state index is 0.278. The summed E-state index contributed by atoms with van der Waals surface area (Å²) in [5.41, 5.74) is 5.78. The maximum Gasteiger partial charge on any atom is 0.271 e. The van der Waals surface area contributed by atoms with Crippen molar-refractivity contribution in [3.05, 3.63) is 101 Å². The van der Waals surface area contributed by atoms with Crippen LogP contribution < -0.4 is 10.2 Å². The predicted molar refractivity (Wildman–Crippen MR) is 107 cm³/mol. The van der Waals surface area contributed by atoms with Crippen molar-refractivity contribution in [2.45, 2.75) is 0 Å². The molecule has 3 aromatic rings. The molecule has 0 aromatic heterocycles. The minimum atomic E-state index is -0.278. The molecule has 3 aromatic carbocycles. The fourth-order valence-corrected chi connectivity index (χ4v) is 2.29. The standard InChI is InChI=1S/C23H18N2O2/c1-27-22-15-13-21(14-16-22)23(26)25-24-17-20-11-9-19(10-12-20)8-7-18-5-3-2-4-6-18/h2-6,9-17H,1H3,(H,25,26)/b24-17+. The quantitative estimate of drug-likeness (QED) is 0.439. The highest BCUT2D eigenvalue weighted by atomic mass is 16.5. The summed E-state index contributed by atoms with van der Waals surface area (Å²) in [7, 11) is 1.58. The summed E-state index contributed by atoms with van der Waals surface area (Å²) in [5.74, 6) is 6.66. The molecule has 4 nitrogen and oxygen atoms in total. The number of nitrogens with zero attached hydrogens (tertiary/aromatic N) is 1. The Labute approximate surface area is 158 Å². The Morgan fingerprint density at radius 3 is 2.15 bits per heavy atom. The third-order valence-electron chi connectivity index (χ3n) is 3.77. The number of hydrogen-bond acceptors (Lipinski definition) is 3. The second-order valence-electron chi connectivity index (χ2n) is 5.67. The highest BCUT2D eigenvalue weighted by molar-refractivity contribution is 5.95. The molecule has 0 radical (unpaired) electrons. The molecule has 0 bridgehead atoms. The molecule has 0 aliphatic carbocycles. The summed E-state index contributed by atoms with van der Waals surface area (Å²) in [6.45, 7) is 0. The Balaban J connectivity index is 1.57. The Morgan fingerprint density at radius 1 is 0.889 bits per heavy atom. The third-order valence-corrected chi connectivity index (χ3v) is 3.77. The van der Waals surface area contributed by atoms with Gasteiger partial charge in [-0.1, -0.05) is 42.2 Å². The zero-order valence-corrected chi connectivity index (χ0v) is 14.8. The van der Waals surface area contributed by atoms with E-state index in [4.69, 9.17) is 4.74 Å². The van der Waals surface area contributed by atoms with E-state index in [2.05, 4.69) is 22.4 Å². The second-order valence-corrected chi connectivity index (χ2v) is 5.67. The van der Waals surface area contributed by atoms with E-state index in [1.807, 2.05) is 54.6 Å². The maximum atomic E-state index is 12.0. The van der Waals surface area contributed by atoms with E-state index in [1.165, 1.54) is 0 Å². The molecule has 0 fully saturated rings. The topological polar surface area (TPSA) is 50.7 Å². The summed E-state index contributed by atoms with van der Waals surface area (Å²) in [6, 6.07) is 24.3. The van der Waals surface area contributed by atoms with Crippen molar-refractivity contribution in [2.24, 2.45) is 5.10 Å². The van der Waals surface area contributed by atoms with Crippen LogP contribution in [0.1, 0.15) is 27.0 Å². The van der Waals surface area contributed by atoms with Gasteiger partial charge in [-0.05, 0) is 54.1 Å². The molecule has 0 saturated carbocycles. The van der Waals surface area contributed by atoms with E-state index < -0.39 is 0 Å². The van der Waals surface area contributed by atoms with E-state index in [1.54, 1.807) is 37.6 Å². The summed E-state index contributed by atoms with van der Waals surface area (Å²) in [6.07, 6.45) is 1.59. The van der Waals surface area contributed by atoms with E-state index in [9.17, 15) is 4.79 Å². The van der Waals surface area contributed by atoms with Gasteiger partial charge >= 0.3 is 0 Å². The van der Waals surface area contributed by atoms with Crippen LogP contribution in [0.25, 0.3) is 0 Å². The van der Waals surface area contributed by atoms with Gasteiger partial charge < -0.3 is 4.74 Å². The Bertz CT molecular complexity index is 981. The zero-order chi connectivity index (χ0) is 18.9. The first-order chi connectivity index (χ1) is 13.2. The van der Waals surface area contributed by atoms with Crippen molar-refractivity contribution in [1.82, 2.24) is 5.43 Å². The molecule has 1 amide bonds. The van der Waals surface area contributed by atoms with Crippen LogP contribution in [0.2, 0.25) is 0 Å². The third kappa shape index (κ3) is 5.32. The van der Waals surface area contributed by atoms with Crippen molar-refractivity contribution in [3.63, 3.8) is 0 Å². The maximum absolute atomic E-state index is 12.0.